The summed E-state index contributed by atoms with van der Waals surface area (Å²) < 4.78 is 1.38. The summed E-state index contributed by atoms with van der Waals surface area (Å²) in [7, 11) is 0. The molecule has 1 aromatic heterocycles. The fourth-order valence-electron chi connectivity index (χ4n) is 0.699. The summed E-state index contributed by atoms with van der Waals surface area (Å²) in [5, 5.41) is 20.6. The summed E-state index contributed by atoms with van der Waals surface area (Å²) in [4.78, 5) is 10.3. The quantitative estimate of drug-likeness (QED) is 0.724. The highest BCUT2D eigenvalue weighted by molar-refractivity contribution is 5.86. The Hall–Kier alpha value is -1.36. The first-order valence-corrected chi connectivity index (χ1v) is 4.10. The van der Waals surface area contributed by atoms with E-state index in [0.29, 0.717) is 6.54 Å². The zero-order chi connectivity index (χ0) is 10.3. The summed E-state index contributed by atoms with van der Waals surface area (Å²) in [5.74, 6) is -1.01. The SMILES string of the molecule is CC.O=C(O)c1cnn(CCO)c1. The van der Waals surface area contributed by atoms with Crippen LogP contribution in [0.15, 0.2) is 12.4 Å². The molecule has 13 heavy (non-hydrogen) atoms. The Balaban J connectivity index is 0.000000671. The molecule has 0 saturated carbocycles. The second-order valence-electron chi connectivity index (χ2n) is 2.02. The minimum absolute atomic E-state index is 0.0409. The molecule has 0 amide bonds. The van der Waals surface area contributed by atoms with Gasteiger partial charge in [0.2, 0.25) is 0 Å². The van der Waals surface area contributed by atoms with Crippen LogP contribution in [0.3, 0.4) is 0 Å². The molecule has 1 heterocycles. The average molecular weight is 186 g/mol. The molecule has 0 radical (unpaired) electrons. The van der Waals surface area contributed by atoms with Gasteiger partial charge in [-0.15, -0.1) is 0 Å². The molecule has 0 fully saturated rings. The van der Waals surface area contributed by atoms with Crippen LogP contribution in [0.5, 0.6) is 0 Å². The molecule has 0 atom stereocenters. The molecule has 1 rings (SSSR count). The van der Waals surface area contributed by atoms with Gasteiger partial charge in [-0.3, -0.25) is 4.68 Å². The number of aromatic nitrogens is 2. The number of nitrogens with zero attached hydrogens (tertiary/aromatic N) is 2. The smallest absolute Gasteiger partial charge is 0.338 e. The predicted octanol–water partition coefficient (Wildman–Crippen LogP) is 0.600. The minimum Gasteiger partial charge on any atom is -0.478 e. The molecular weight excluding hydrogens is 172 g/mol. The van der Waals surface area contributed by atoms with E-state index in [1.165, 1.54) is 17.1 Å². The molecule has 0 saturated heterocycles. The lowest BCUT2D eigenvalue weighted by Crippen LogP contribution is -2.02. The van der Waals surface area contributed by atoms with Gasteiger partial charge in [0.15, 0.2) is 0 Å². The van der Waals surface area contributed by atoms with Crippen molar-refractivity contribution in [2.45, 2.75) is 20.4 Å². The van der Waals surface area contributed by atoms with Crippen molar-refractivity contribution in [1.82, 2.24) is 9.78 Å². The maximum absolute atomic E-state index is 10.3. The van der Waals surface area contributed by atoms with E-state index in [0.717, 1.165) is 0 Å². The second kappa shape index (κ2) is 6.19. The number of hydrogen-bond acceptors (Lipinski definition) is 3. The number of carbonyl (C=O) groups is 1. The minimum atomic E-state index is -1.01. The predicted molar refractivity (Wildman–Crippen MR) is 47.6 cm³/mol. The van der Waals surface area contributed by atoms with Crippen LogP contribution in [0.25, 0.3) is 0 Å². The van der Waals surface area contributed by atoms with Crippen molar-refractivity contribution >= 4 is 5.97 Å². The number of aliphatic hydroxyl groups excluding tert-OH is 1. The third-order valence-corrected chi connectivity index (χ3v) is 1.21. The van der Waals surface area contributed by atoms with E-state index in [-0.39, 0.29) is 12.2 Å². The number of carboxylic acids is 1. The van der Waals surface area contributed by atoms with Crippen molar-refractivity contribution in [1.29, 1.82) is 0 Å². The fourth-order valence-corrected chi connectivity index (χ4v) is 0.699. The zero-order valence-corrected chi connectivity index (χ0v) is 7.77. The van der Waals surface area contributed by atoms with E-state index in [1.54, 1.807) is 0 Å². The van der Waals surface area contributed by atoms with Crippen LogP contribution >= 0.6 is 0 Å². The summed E-state index contributed by atoms with van der Waals surface area (Å²) in [6.07, 6.45) is 2.62. The fraction of sp³-hybridized carbons (Fsp3) is 0.500. The van der Waals surface area contributed by atoms with Crippen LogP contribution in [-0.2, 0) is 6.54 Å². The lowest BCUT2D eigenvalue weighted by atomic mass is 10.4. The van der Waals surface area contributed by atoms with Gasteiger partial charge in [0, 0.05) is 6.20 Å². The van der Waals surface area contributed by atoms with E-state index in [4.69, 9.17) is 10.2 Å². The first kappa shape index (κ1) is 11.6. The molecule has 74 valence electrons. The topological polar surface area (TPSA) is 75.3 Å². The zero-order valence-electron chi connectivity index (χ0n) is 7.77. The molecule has 0 spiro atoms. The van der Waals surface area contributed by atoms with Crippen LogP contribution in [0.4, 0.5) is 0 Å². The Morgan fingerprint density at radius 3 is 2.62 bits per heavy atom. The van der Waals surface area contributed by atoms with E-state index in [1.807, 2.05) is 13.8 Å². The number of aliphatic hydroxyl groups is 1. The Bertz CT molecular complexity index is 258. The lowest BCUT2D eigenvalue weighted by Gasteiger charge is -1.93. The third kappa shape index (κ3) is 3.71. The van der Waals surface area contributed by atoms with Crippen molar-refractivity contribution in [3.63, 3.8) is 0 Å². The molecule has 0 aliphatic heterocycles. The molecule has 2 N–H and O–H groups in total. The van der Waals surface area contributed by atoms with Crippen LogP contribution in [0, 0.1) is 0 Å². The summed E-state index contributed by atoms with van der Waals surface area (Å²) >= 11 is 0. The van der Waals surface area contributed by atoms with Crippen molar-refractivity contribution in [3.05, 3.63) is 18.0 Å². The molecule has 0 unspecified atom stereocenters. The number of carboxylic acid groups (broad SMARTS) is 1. The summed E-state index contributed by atoms with van der Waals surface area (Å²) in [5.41, 5.74) is 0.137. The molecule has 0 bridgehead atoms. The molecular formula is C8H14N2O3. The third-order valence-electron chi connectivity index (χ3n) is 1.21. The van der Waals surface area contributed by atoms with E-state index < -0.39 is 5.97 Å². The summed E-state index contributed by atoms with van der Waals surface area (Å²) in [6.45, 7) is 4.29. The van der Waals surface area contributed by atoms with Crippen LogP contribution in [-0.4, -0.2) is 32.6 Å². The normalized spacial score (nSPS) is 8.85. The van der Waals surface area contributed by atoms with Gasteiger partial charge >= 0.3 is 5.97 Å². The largest absolute Gasteiger partial charge is 0.478 e. The van der Waals surface area contributed by atoms with Crippen LogP contribution in [0.2, 0.25) is 0 Å². The molecule has 5 heteroatoms. The second-order valence-corrected chi connectivity index (χ2v) is 2.02. The van der Waals surface area contributed by atoms with E-state index >= 15 is 0 Å². The Kier molecular flexibility index (Phi) is 5.54. The average Bonchev–Trinajstić information content (AvgIpc) is 2.57. The Labute approximate surface area is 76.6 Å². The highest BCUT2D eigenvalue weighted by Crippen LogP contribution is 1.96. The Morgan fingerprint density at radius 2 is 2.23 bits per heavy atom. The van der Waals surface area contributed by atoms with Gasteiger partial charge < -0.3 is 10.2 Å². The van der Waals surface area contributed by atoms with Crippen molar-refractivity contribution in [2.75, 3.05) is 6.61 Å². The number of aromatic carboxylic acids is 1. The van der Waals surface area contributed by atoms with Crippen molar-refractivity contribution in [3.8, 4) is 0 Å². The van der Waals surface area contributed by atoms with E-state index in [2.05, 4.69) is 5.10 Å². The monoisotopic (exact) mass is 186 g/mol. The van der Waals surface area contributed by atoms with Gasteiger partial charge in [-0.1, -0.05) is 13.8 Å². The van der Waals surface area contributed by atoms with Gasteiger partial charge in [-0.05, 0) is 0 Å². The lowest BCUT2D eigenvalue weighted by molar-refractivity contribution is 0.0696. The molecule has 0 aromatic carbocycles. The Morgan fingerprint density at radius 1 is 1.62 bits per heavy atom. The van der Waals surface area contributed by atoms with E-state index in [9.17, 15) is 4.79 Å². The standard InChI is InChI=1S/C6H8N2O3.C2H6/c9-2-1-8-4-5(3-7-8)6(10)11;1-2/h3-4,9H,1-2H2,(H,10,11);1-2H3. The van der Waals surface area contributed by atoms with Crippen molar-refractivity contribution < 1.29 is 15.0 Å². The van der Waals surface area contributed by atoms with Gasteiger partial charge in [0.1, 0.15) is 0 Å². The maximum Gasteiger partial charge on any atom is 0.338 e. The number of rotatable bonds is 3. The first-order chi connectivity index (χ1) is 6.24. The summed E-state index contributed by atoms with van der Waals surface area (Å²) in [6, 6.07) is 0. The molecule has 5 nitrogen and oxygen atoms in total. The molecule has 0 aliphatic carbocycles. The van der Waals surface area contributed by atoms with Gasteiger partial charge in [-0.2, -0.15) is 5.10 Å². The highest BCUT2D eigenvalue weighted by Gasteiger charge is 2.04. The highest BCUT2D eigenvalue weighted by atomic mass is 16.4. The van der Waals surface area contributed by atoms with Crippen LogP contribution in [0.1, 0.15) is 24.2 Å². The number of hydrogen-bond donors (Lipinski definition) is 2. The van der Waals surface area contributed by atoms with Gasteiger partial charge in [0.05, 0.1) is 24.9 Å². The van der Waals surface area contributed by atoms with Crippen molar-refractivity contribution in [2.24, 2.45) is 0 Å². The maximum atomic E-state index is 10.3. The van der Waals surface area contributed by atoms with Gasteiger partial charge in [-0.25, -0.2) is 4.79 Å². The van der Waals surface area contributed by atoms with Crippen LogP contribution < -0.4 is 0 Å². The first-order valence-electron chi connectivity index (χ1n) is 4.10. The molecule has 1 aromatic rings. The molecule has 0 aliphatic rings. The van der Waals surface area contributed by atoms with Gasteiger partial charge in [0.25, 0.3) is 0 Å².